The minimum Gasteiger partial charge on any atom is -0.359 e. The molecule has 7 heteroatoms. The highest BCUT2D eigenvalue weighted by Crippen LogP contribution is 2.65. The van der Waals surface area contributed by atoms with Crippen LogP contribution in [0.4, 0.5) is 11.4 Å². The van der Waals surface area contributed by atoms with Crippen molar-refractivity contribution in [2.24, 2.45) is 0 Å². The number of anilines is 2. The Labute approximate surface area is 181 Å². The molecule has 1 saturated heterocycles. The molecule has 160 valence electrons. The van der Waals surface area contributed by atoms with Gasteiger partial charge in [-0.25, -0.2) is 0 Å². The van der Waals surface area contributed by atoms with Crippen molar-refractivity contribution in [1.82, 2.24) is 10.2 Å². The molecule has 1 fully saturated rings. The van der Waals surface area contributed by atoms with Crippen LogP contribution in [0.1, 0.15) is 24.0 Å². The summed E-state index contributed by atoms with van der Waals surface area (Å²) < 4.78 is 0. The number of nitrogens with one attached hydrogen (secondary N) is 1. The lowest BCUT2D eigenvalue weighted by atomic mass is 9.54. The summed E-state index contributed by atoms with van der Waals surface area (Å²) in [5.74, 6) is -0.390. The van der Waals surface area contributed by atoms with Crippen LogP contribution in [-0.2, 0) is 25.2 Å². The molecule has 5 rings (SSSR count). The maximum atomic E-state index is 14.2. The summed E-state index contributed by atoms with van der Waals surface area (Å²) in [6.45, 7) is 0. The molecule has 7 nitrogen and oxygen atoms in total. The molecule has 2 aromatic carbocycles. The molecule has 2 aromatic rings. The Kier molecular flexibility index (Phi) is 4.00. The Bertz CT molecular complexity index is 1130. The van der Waals surface area contributed by atoms with Gasteiger partial charge in [0.15, 0.2) is 0 Å². The number of amides is 3. The van der Waals surface area contributed by atoms with Crippen LogP contribution in [0.5, 0.6) is 0 Å². The van der Waals surface area contributed by atoms with Crippen LogP contribution in [-0.4, -0.2) is 57.0 Å². The van der Waals surface area contributed by atoms with Crippen molar-refractivity contribution >= 4 is 29.1 Å². The lowest BCUT2D eigenvalue weighted by molar-refractivity contribution is -0.132. The van der Waals surface area contributed by atoms with E-state index in [1.165, 1.54) is 0 Å². The summed E-state index contributed by atoms with van der Waals surface area (Å²) in [5, 5.41) is 2.72. The van der Waals surface area contributed by atoms with Crippen molar-refractivity contribution in [1.29, 1.82) is 0 Å². The van der Waals surface area contributed by atoms with Gasteiger partial charge in [0.05, 0.1) is 10.8 Å². The Hall–Kier alpha value is -3.35. The topological polar surface area (TPSA) is 73.0 Å². The van der Waals surface area contributed by atoms with E-state index in [0.717, 1.165) is 22.5 Å². The highest BCUT2D eigenvalue weighted by Gasteiger charge is 2.73. The van der Waals surface area contributed by atoms with Gasteiger partial charge in [-0.15, -0.1) is 0 Å². The number of likely N-dealkylation sites (N-methyl/N-ethyl adjacent to an activating group) is 3. The van der Waals surface area contributed by atoms with E-state index in [4.69, 9.17) is 0 Å². The van der Waals surface area contributed by atoms with Crippen molar-refractivity contribution in [3.8, 4) is 0 Å². The molecule has 0 radical (unpaired) electrons. The number of benzene rings is 2. The fourth-order valence-electron chi connectivity index (χ4n) is 6.36. The molecule has 3 heterocycles. The van der Waals surface area contributed by atoms with Gasteiger partial charge in [-0.3, -0.25) is 14.4 Å². The van der Waals surface area contributed by atoms with E-state index < -0.39 is 10.8 Å². The van der Waals surface area contributed by atoms with E-state index in [0.29, 0.717) is 0 Å². The van der Waals surface area contributed by atoms with Gasteiger partial charge in [-0.1, -0.05) is 36.4 Å². The molecule has 0 aliphatic carbocycles. The van der Waals surface area contributed by atoms with Crippen LogP contribution in [0.2, 0.25) is 0 Å². The number of likely N-dealkylation sites (tertiary alicyclic amines) is 1. The number of para-hydroxylation sites is 2. The number of carbonyl (C=O) groups excluding carboxylic acids is 3. The van der Waals surface area contributed by atoms with Crippen LogP contribution >= 0.6 is 0 Å². The van der Waals surface area contributed by atoms with Gasteiger partial charge in [-0.2, -0.15) is 0 Å². The average Bonchev–Trinajstić information content (AvgIpc) is 3.29. The quantitative estimate of drug-likeness (QED) is 0.822. The Morgan fingerprint density at radius 3 is 2.26 bits per heavy atom. The number of nitrogens with zero attached hydrogens (tertiary/aromatic N) is 3. The van der Waals surface area contributed by atoms with E-state index in [1.807, 2.05) is 55.6 Å². The van der Waals surface area contributed by atoms with Gasteiger partial charge >= 0.3 is 0 Å². The molecule has 0 spiro atoms. The summed E-state index contributed by atoms with van der Waals surface area (Å²) >= 11 is 0. The summed E-state index contributed by atoms with van der Waals surface area (Å²) in [6.07, 6.45) is -0.227. The summed E-state index contributed by atoms with van der Waals surface area (Å²) in [4.78, 5) is 45.8. The monoisotopic (exact) mass is 418 g/mol. The highest BCUT2D eigenvalue weighted by atomic mass is 16.2. The number of fused-ring (bicyclic) bond motifs is 4. The van der Waals surface area contributed by atoms with Crippen molar-refractivity contribution in [2.75, 3.05) is 38.0 Å². The van der Waals surface area contributed by atoms with Crippen LogP contribution in [0.3, 0.4) is 0 Å². The molecule has 3 amide bonds. The van der Waals surface area contributed by atoms with Crippen LogP contribution in [0.15, 0.2) is 48.5 Å². The number of hydrogen-bond acceptors (Lipinski definition) is 4. The second-order valence-corrected chi connectivity index (χ2v) is 8.79. The second kappa shape index (κ2) is 6.33. The first-order valence-electron chi connectivity index (χ1n) is 10.5. The smallest absolute Gasteiger partial charge is 0.239 e. The Morgan fingerprint density at radius 2 is 1.58 bits per heavy atom. The van der Waals surface area contributed by atoms with E-state index in [2.05, 4.69) is 10.2 Å². The second-order valence-electron chi connectivity index (χ2n) is 8.79. The van der Waals surface area contributed by atoms with Crippen molar-refractivity contribution in [3.05, 3.63) is 59.7 Å². The molecular formula is C24H26N4O3. The molecule has 31 heavy (non-hydrogen) atoms. The van der Waals surface area contributed by atoms with Crippen LogP contribution < -0.4 is 15.1 Å². The fraction of sp³-hybridized carbons (Fsp3) is 0.375. The zero-order valence-corrected chi connectivity index (χ0v) is 18.2. The van der Waals surface area contributed by atoms with Crippen molar-refractivity contribution < 1.29 is 14.4 Å². The molecule has 0 saturated carbocycles. The first kappa shape index (κ1) is 19.6. The maximum Gasteiger partial charge on any atom is 0.239 e. The summed E-state index contributed by atoms with van der Waals surface area (Å²) in [7, 11) is 7.09. The maximum absolute atomic E-state index is 14.2. The molecule has 0 aromatic heterocycles. The standard InChI is InChI=1S/C24H26N4O3/c1-25-19(29)13-24(16-10-6-8-12-18(16)27(3)22(24)31)23-14-20(30)28(4)21(23)26(2)17-11-7-5-9-15(17)23/h5-12,21H,13-14H2,1-4H3,(H,25,29)/t21-,23+,24+/m1/s1. The Morgan fingerprint density at radius 1 is 0.968 bits per heavy atom. The van der Waals surface area contributed by atoms with Crippen molar-refractivity contribution in [3.63, 3.8) is 0 Å². The van der Waals surface area contributed by atoms with Crippen LogP contribution in [0.25, 0.3) is 0 Å². The van der Waals surface area contributed by atoms with Crippen molar-refractivity contribution in [2.45, 2.75) is 29.8 Å². The lowest BCUT2D eigenvalue weighted by Crippen LogP contribution is -2.62. The van der Waals surface area contributed by atoms with Crippen LogP contribution in [0, 0.1) is 0 Å². The van der Waals surface area contributed by atoms with E-state index in [9.17, 15) is 14.4 Å². The van der Waals surface area contributed by atoms with Gasteiger partial charge in [0.1, 0.15) is 6.17 Å². The first-order chi connectivity index (χ1) is 14.8. The molecule has 0 bridgehead atoms. The largest absolute Gasteiger partial charge is 0.359 e. The average molecular weight is 418 g/mol. The van der Waals surface area contributed by atoms with Gasteiger partial charge < -0.3 is 20.0 Å². The fourth-order valence-corrected chi connectivity index (χ4v) is 6.36. The third kappa shape index (κ3) is 2.11. The van der Waals surface area contributed by atoms with E-state index >= 15 is 0 Å². The molecule has 0 unspecified atom stereocenters. The van der Waals surface area contributed by atoms with E-state index in [-0.39, 0.29) is 36.7 Å². The van der Waals surface area contributed by atoms with Gasteiger partial charge in [0, 0.05) is 52.4 Å². The number of hydrogen-bond donors (Lipinski definition) is 1. The third-order valence-corrected chi connectivity index (χ3v) is 7.62. The first-order valence-corrected chi connectivity index (χ1v) is 10.5. The summed E-state index contributed by atoms with van der Waals surface area (Å²) in [6, 6.07) is 15.6. The lowest BCUT2D eigenvalue weighted by Gasteiger charge is -2.46. The molecular weight excluding hydrogens is 392 g/mol. The van der Waals surface area contributed by atoms with E-state index in [1.54, 1.807) is 30.9 Å². The number of carbonyl (C=O) groups is 3. The molecule has 1 N–H and O–H groups in total. The number of rotatable bonds is 3. The van der Waals surface area contributed by atoms with Gasteiger partial charge in [0.25, 0.3) is 0 Å². The zero-order chi connectivity index (χ0) is 22.1. The van der Waals surface area contributed by atoms with Gasteiger partial charge in [0.2, 0.25) is 17.7 Å². The minimum absolute atomic E-state index is 0.0243. The predicted molar refractivity (Wildman–Crippen MR) is 118 cm³/mol. The molecule has 3 aliphatic heterocycles. The highest BCUT2D eigenvalue weighted by molar-refractivity contribution is 6.12. The molecule has 3 atom stereocenters. The predicted octanol–water partition coefficient (Wildman–Crippen LogP) is 1.61. The van der Waals surface area contributed by atoms with Gasteiger partial charge in [-0.05, 0) is 23.3 Å². The third-order valence-electron chi connectivity index (χ3n) is 7.62. The Balaban J connectivity index is 1.91. The molecule has 3 aliphatic rings. The minimum atomic E-state index is -1.20. The SMILES string of the molecule is CNC(=O)C[C@@]1([C@]23CC(=O)N(C)[C@H]2N(C)c2ccccc23)C(=O)N(C)c2ccccc21. The zero-order valence-electron chi connectivity index (χ0n) is 18.2. The normalized spacial score (nSPS) is 28.6. The summed E-state index contributed by atoms with van der Waals surface area (Å²) in [5.41, 5.74) is 1.44.